The predicted octanol–water partition coefficient (Wildman–Crippen LogP) is 8.66. The van der Waals surface area contributed by atoms with Gasteiger partial charge in [-0.25, -0.2) is 0 Å². The minimum atomic E-state index is -0.805. The lowest BCUT2D eigenvalue weighted by molar-refractivity contribution is -0.142. The molecule has 16 heteroatoms. The first-order valence-electron chi connectivity index (χ1n) is 29.5. The van der Waals surface area contributed by atoms with Gasteiger partial charge in [0.15, 0.2) is 0 Å². The van der Waals surface area contributed by atoms with Crippen molar-refractivity contribution in [2.75, 3.05) is 40.3 Å². The number of aryl methyl sites for hydroxylation is 1. The highest BCUT2D eigenvalue weighted by Crippen LogP contribution is 2.27. The van der Waals surface area contributed by atoms with Crippen molar-refractivity contribution in [3.05, 3.63) is 164 Å². The number of amides is 6. The van der Waals surface area contributed by atoms with Crippen LogP contribution in [-0.2, 0) is 48.0 Å². The summed E-state index contributed by atoms with van der Waals surface area (Å²) in [6.07, 6.45) is 7.02. The van der Waals surface area contributed by atoms with Gasteiger partial charge in [-0.1, -0.05) is 156 Å². The molecule has 6 amide bonds. The van der Waals surface area contributed by atoms with Gasteiger partial charge in [0.05, 0.1) is 12.1 Å². The standard InChI is InChI=1S/C34H48N4O4.C32H46N4O4.C2H4/c1-9-21-35-32(40)28(22-26-17-13-12-14-18-26)37-31(39)25(5)38(8)33(41)30(24(4)10-2)36-23-34(6,7)42-29-20-16-15-19-27(29)11-3;1-7-22(2)28-31(39)36(6)23(3)29(37)35-26(20-24-14-9-8-10-15-24)30(38)33-19-13-17-25-16-11-12-18-27(25)40-32(4,5)21-34-28;1-2/h9,11-20,24-25,28,30,36H,1,3,10,21-23H2,2,4-8H3,(H,35,40)(H,37,39);8-12,14-16,18,22-23,26,28,34H,7,13,17,19-21H2,1-6H3,(H,33,38)(H,35,37);1-2H2/t24?,25-,28-,30+;22?,23-,26-,28+;/m11./s1. The SMILES string of the molecule is C=C.C=CCNC(=O)[C@@H](Cc1ccccc1)NC(=O)[C@@H](C)N(C)C(=O)[C@@H](NCC(C)(C)Oc1ccccc1C=C)C(C)CC.CCC(C)[C@@H]1NCC(C)(C)Oc2ccccc2CCCNC(=O)[C@@H](Cc2ccccc2)NC(=O)[C@@H](C)N(C)C1=O. The Hall–Kier alpha value is -7.56. The average Bonchev–Trinajstić information content (AvgIpc) is 3.70. The minimum absolute atomic E-state index is 0.00184. The molecule has 0 bridgehead atoms. The summed E-state index contributed by atoms with van der Waals surface area (Å²) in [5.41, 5.74) is 2.59. The molecule has 0 fully saturated rings. The van der Waals surface area contributed by atoms with Gasteiger partial charge in [0.25, 0.3) is 0 Å². The van der Waals surface area contributed by atoms with Crippen LogP contribution in [0, 0.1) is 11.8 Å². The van der Waals surface area contributed by atoms with Crippen LogP contribution >= 0.6 is 0 Å². The van der Waals surface area contributed by atoms with Gasteiger partial charge in [0.1, 0.15) is 46.9 Å². The van der Waals surface area contributed by atoms with E-state index >= 15 is 0 Å². The summed E-state index contributed by atoms with van der Waals surface area (Å²) in [6, 6.07) is 30.5. The third-order valence-corrected chi connectivity index (χ3v) is 15.1. The lowest BCUT2D eigenvalue weighted by Crippen LogP contribution is -2.58. The van der Waals surface area contributed by atoms with Gasteiger partial charge in [-0.05, 0) is 95.0 Å². The van der Waals surface area contributed by atoms with Gasteiger partial charge < -0.3 is 51.2 Å². The first-order valence-corrected chi connectivity index (χ1v) is 29.5. The molecule has 458 valence electrons. The van der Waals surface area contributed by atoms with Gasteiger partial charge in [-0.2, -0.15) is 0 Å². The molecule has 1 aliphatic heterocycles. The first-order chi connectivity index (χ1) is 40.0. The zero-order valence-electron chi connectivity index (χ0n) is 52.2. The Kier molecular flexibility index (Phi) is 29.9. The Morgan fingerprint density at radius 3 is 2.08 bits per heavy atom. The number of carbonyl (C=O) groups excluding carboxylic acids is 6. The van der Waals surface area contributed by atoms with E-state index in [9.17, 15) is 28.8 Å². The van der Waals surface area contributed by atoms with Crippen LogP contribution in [0.25, 0.3) is 6.08 Å². The molecule has 0 aliphatic carbocycles. The molecule has 8 atom stereocenters. The molecule has 0 saturated heterocycles. The van der Waals surface area contributed by atoms with Crippen LogP contribution < -0.4 is 41.4 Å². The first kappa shape index (κ1) is 70.7. The molecule has 84 heavy (non-hydrogen) atoms. The Morgan fingerprint density at radius 2 is 1.46 bits per heavy atom. The summed E-state index contributed by atoms with van der Waals surface area (Å²) in [5.74, 6) is -0.150. The smallest absolute Gasteiger partial charge is 0.243 e. The van der Waals surface area contributed by atoms with Crippen molar-refractivity contribution in [3.8, 4) is 11.5 Å². The van der Waals surface area contributed by atoms with Gasteiger partial charge in [-0.15, -0.1) is 19.7 Å². The lowest BCUT2D eigenvalue weighted by Gasteiger charge is -2.35. The van der Waals surface area contributed by atoms with Gasteiger partial charge >= 0.3 is 0 Å². The van der Waals surface area contributed by atoms with Crippen molar-refractivity contribution in [2.45, 2.75) is 155 Å². The summed E-state index contributed by atoms with van der Waals surface area (Å²) in [5, 5.41) is 18.4. The molecule has 6 N–H and O–H groups in total. The number of nitrogens with one attached hydrogen (secondary N) is 6. The number of hydrogen-bond acceptors (Lipinski definition) is 10. The second-order valence-corrected chi connectivity index (χ2v) is 22.7. The van der Waals surface area contributed by atoms with Crippen molar-refractivity contribution < 1.29 is 38.2 Å². The lowest BCUT2D eigenvalue weighted by atomic mass is 9.96. The molecule has 0 aromatic heterocycles. The topological polar surface area (TPSA) is 200 Å². The van der Waals surface area contributed by atoms with E-state index in [0.717, 1.165) is 59.4 Å². The molecule has 1 heterocycles. The molecule has 4 aromatic carbocycles. The fourth-order valence-electron chi connectivity index (χ4n) is 9.25. The molecule has 16 nitrogen and oxygen atoms in total. The van der Waals surface area contributed by atoms with Gasteiger partial charge in [0.2, 0.25) is 35.4 Å². The number of nitrogens with zero attached hydrogens (tertiary/aromatic N) is 2. The summed E-state index contributed by atoms with van der Waals surface area (Å²) < 4.78 is 12.7. The van der Waals surface area contributed by atoms with E-state index in [1.54, 1.807) is 40.1 Å². The number of carbonyl (C=O) groups is 6. The van der Waals surface area contributed by atoms with Crippen LogP contribution in [0.15, 0.2) is 142 Å². The van der Waals surface area contributed by atoms with Gasteiger partial charge in [0, 0.05) is 58.7 Å². The van der Waals surface area contributed by atoms with E-state index in [0.29, 0.717) is 32.5 Å². The summed E-state index contributed by atoms with van der Waals surface area (Å²) in [6.45, 7) is 34.5. The Balaban J connectivity index is 0.000000428. The number of fused-ring (bicyclic) bond motifs is 1. The Labute approximate surface area is 502 Å². The molecule has 0 saturated carbocycles. The van der Waals surface area contributed by atoms with Crippen molar-refractivity contribution in [3.63, 3.8) is 0 Å². The fraction of sp³-hybridized carbons (Fsp3) is 0.471. The van der Waals surface area contributed by atoms with Crippen LogP contribution in [0.4, 0.5) is 0 Å². The highest BCUT2D eigenvalue weighted by atomic mass is 16.5. The van der Waals surface area contributed by atoms with Gasteiger partial charge in [-0.3, -0.25) is 28.8 Å². The number of hydrogen-bond donors (Lipinski definition) is 6. The second-order valence-electron chi connectivity index (χ2n) is 22.7. The van der Waals surface area contributed by atoms with E-state index in [1.807, 2.05) is 165 Å². The van der Waals surface area contributed by atoms with Crippen molar-refractivity contribution in [1.29, 1.82) is 0 Å². The number of rotatable bonds is 21. The monoisotopic (exact) mass is 1150 g/mol. The van der Waals surface area contributed by atoms with Crippen molar-refractivity contribution >= 4 is 41.5 Å². The highest BCUT2D eigenvalue weighted by molar-refractivity contribution is 5.94. The summed E-state index contributed by atoms with van der Waals surface area (Å²) in [4.78, 5) is 83.3. The van der Waals surface area contributed by atoms with Crippen LogP contribution in [0.3, 0.4) is 0 Å². The summed E-state index contributed by atoms with van der Waals surface area (Å²) >= 11 is 0. The van der Waals surface area contributed by atoms with Crippen LogP contribution in [0.2, 0.25) is 0 Å². The number of benzene rings is 4. The number of likely N-dealkylation sites (N-methyl/N-ethyl adjacent to an activating group) is 2. The minimum Gasteiger partial charge on any atom is -0.486 e. The maximum absolute atomic E-state index is 13.8. The van der Waals surface area contributed by atoms with E-state index in [4.69, 9.17) is 9.47 Å². The van der Waals surface area contributed by atoms with Crippen LogP contribution in [-0.4, -0.2) is 133 Å². The largest absolute Gasteiger partial charge is 0.486 e. The van der Waals surface area contributed by atoms with Crippen molar-refractivity contribution in [2.24, 2.45) is 11.8 Å². The average molecular weight is 1160 g/mol. The molecule has 5 rings (SSSR count). The fourth-order valence-corrected chi connectivity index (χ4v) is 9.25. The predicted molar refractivity (Wildman–Crippen MR) is 339 cm³/mol. The quantitative estimate of drug-likeness (QED) is 0.0439. The molecular weight excluding hydrogens is 1060 g/mol. The van der Waals surface area contributed by atoms with E-state index < -0.39 is 53.4 Å². The molecule has 0 radical (unpaired) electrons. The highest BCUT2D eigenvalue weighted by Gasteiger charge is 2.37. The maximum Gasteiger partial charge on any atom is 0.243 e. The van der Waals surface area contributed by atoms with E-state index in [1.165, 1.54) is 9.80 Å². The van der Waals surface area contributed by atoms with Crippen molar-refractivity contribution in [1.82, 2.24) is 41.7 Å². The third-order valence-electron chi connectivity index (χ3n) is 15.1. The van der Waals surface area contributed by atoms with E-state index in [2.05, 4.69) is 58.2 Å². The Morgan fingerprint density at radius 1 is 0.857 bits per heavy atom. The molecule has 4 aromatic rings. The zero-order valence-corrected chi connectivity index (χ0v) is 52.2. The van der Waals surface area contributed by atoms with E-state index in [-0.39, 0.29) is 47.9 Å². The number of ether oxygens (including phenoxy) is 2. The van der Waals surface area contributed by atoms with Crippen LogP contribution in [0.1, 0.15) is 111 Å². The zero-order chi connectivity index (χ0) is 62.6. The third kappa shape index (κ3) is 22.5. The maximum atomic E-state index is 13.8. The normalized spacial score (nSPS) is 18.5. The molecule has 1 aliphatic rings. The summed E-state index contributed by atoms with van der Waals surface area (Å²) in [7, 11) is 3.27. The number of para-hydroxylation sites is 2. The molecular formula is C68H98N8O8. The van der Waals surface area contributed by atoms with Crippen LogP contribution in [0.5, 0.6) is 11.5 Å². The second kappa shape index (κ2) is 35.5. The Bertz CT molecular complexity index is 2720. The molecule has 2 unspecified atom stereocenters. The molecule has 0 spiro atoms.